The summed E-state index contributed by atoms with van der Waals surface area (Å²) >= 11 is 0. The minimum atomic E-state index is 0.177. The van der Waals surface area contributed by atoms with Crippen LogP contribution in [0.3, 0.4) is 0 Å². The standard InChI is InChI=1S/C48H67N3O5/c1-5-9-13-17-53-45-33-21-35-27-42(50)29-37(46(35)54-18-14-10-6-2)23-39-31-44(52)32-40(48(39)56-20-16-12-8-4)24-38-30-43(51)28-36(22-34(45)26-41(49)25-33)47(38)55-19-15-11-7-3/h25-32,52H,5-24,49-51H2,1-4H3. The van der Waals surface area contributed by atoms with Gasteiger partial charge in [0.15, 0.2) is 0 Å². The number of hydrogen-bond acceptors (Lipinski definition) is 8. The number of nitrogens with two attached hydrogens (primary N) is 3. The van der Waals surface area contributed by atoms with Crippen LogP contribution < -0.4 is 36.1 Å². The Kier molecular flexibility index (Phi) is 16.3. The fraction of sp³-hybridized carbons (Fsp3) is 0.500. The molecule has 1 aliphatic rings. The first-order valence-electron chi connectivity index (χ1n) is 21.3. The summed E-state index contributed by atoms with van der Waals surface area (Å²) in [6, 6.07) is 15.8. The molecule has 56 heavy (non-hydrogen) atoms. The van der Waals surface area contributed by atoms with E-state index in [2.05, 4.69) is 27.7 Å². The number of fused-ring (bicyclic) bond motifs is 8. The zero-order chi connectivity index (χ0) is 39.9. The summed E-state index contributed by atoms with van der Waals surface area (Å²) in [7, 11) is 0. The van der Waals surface area contributed by atoms with Gasteiger partial charge < -0.3 is 41.3 Å². The van der Waals surface area contributed by atoms with Crippen molar-refractivity contribution in [2.45, 2.75) is 130 Å². The molecule has 0 amide bonds. The third kappa shape index (κ3) is 11.7. The first kappa shape index (κ1) is 42.4. The van der Waals surface area contributed by atoms with Crippen molar-refractivity contribution in [3.63, 3.8) is 0 Å². The number of ether oxygens (including phenoxy) is 4. The second kappa shape index (κ2) is 21.5. The van der Waals surface area contributed by atoms with Crippen molar-refractivity contribution in [3.05, 3.63) is 93.0 Å². The van der Waals surface area contributed by atoms with Gasteiger partial charge in [0.05, 0.1) is 26.4 Å². The number of hydrogen-bond donors (Lipinski definition) is 4. The molecule has 0 fully saturated rings. The Morgan fingerprint density at radius 1 is 0.375 bits per heavy atom. The maximum atomic E-state index is 11.3. The number of benzene rings is 4. The van der Waals surface area contributed by atoms with E-state index in [1.165, 1.54) is 0 Å². The lowest BCUT2D eigenvalue weighted by Gasteiger charge is -2.24. The second-order valence-corrected chi connectivity index (χ2v) is 15.5. The molecule has 0 atom stereocenters. The summed E-state index contributed by atoms with van der Waals surface area (Å²) in [5.41, 5.74) is 29.7. The molecule has 8 nitrogen and oxygen atoms in total. The fourth-order valence-corrected chi connectivity index (χ4v) is 7.80. The molecular weight excluding hydrogens is 699 g/mol. The van der Waals surface area contributed by atoms with E-state index < -0.39 is 0 Å². The molecule has 5 rings (SSSR count). The van der Waals surface area contributed by atoms with E-state index in [0.717, 1.165) is 145 Å². The van der Waals surface area contributed by atoms with Crippen LogP contribution in [-0.4, -0.2) is 31.5 Å². The summed E-state index contributed by atoms with van der Waals surface area (Å²) in [5.74, 6) is 3.41. The van der Waals surface area contributed by atoms with Crippen molar-refractivity contribution in [2.75, 3.05) is 43.6 Å². The number of aromatic hydroxyl groups is 1. The molecule has 0 spiro atoms. The largest absolute Gasteiger partial charge is 0.508 e. The lowest BCUT2D eigenvalue weighted by Crippen LogP contribution is -2.11. The maximum absolute atomic E-state index is 11.3. The topological polar surface area (TPSA) is 135 Å². The fourth-order valence-electron chi connectivity index (χ4n) is 7.80. The average Bonchev–Trinajstić information content (AvgIpc) is 3.15. The predicted molar refractivity (Wildman–Crippen MR) is 232 cm³/mol. The Morgan fingerprint density at radius 3 is 0.804 bits per heavy atom. The first-order chi connectivity index (χ1) is 27.2. The van der Waals surface area contributed by atoms with Crippen molar-refractivity contribution in [1.82, 2.24) is 0 Å². The van der Waals surface area contributed by atoms with Crippen LogP contribution in [0.15, 0.2) is 48.5 Å². The van der Waals surface area contributed by atoms with E-state index in [1.807, 2.05) is 48.5 Å². The summed E-state index contributed by atoms with van der Waals surface area (Å²) in [6.07, 6.45) is 14.4. The van der Waals surface area contributed by atoms with Gasteiger partial charge in [0, 0.05) is 87.3 Å². The lowest BCUT2D eigenvalue weighted by molar-refractivity contribution is 0.294. The molecule has 4 aromatic carbocycles. The minimum absolute atomic E-state index is 0.177. The van der Waals surface area contributed by atoms with Gasteiger partial charge in [-0.2, -0.15) is 0 Å². The number of rotatable bonds is 20. The van der Waals surface area contributed by atoms with Crippen LogP contribution in [-0.2, 0) is 25.7 Å². The van der Waals surface area contributed by atoms with E-state index in [-0.39, 0.29) is 5.75 Å². The third-order valence-electron chi connectivity index (χ3n) is 10.5. The first-order valence-corrected chi connectivity index (χ1v) is 21.3. The molecule has 0 saturated heterocycles. The van der Waals surface area contributed by atoms with Gasteiger partial charge in [-0.3, -0.25) is 0 Å². The van der Waals surface area contributed by atoms with Gasteiger partial charge in [-0.05, 0) is 74.2 Å². The van der Waals surface area contributed by atoms with Crippen molar-refractivity contribution < 1.29 is 24.1 Å². The quantitative estimate of drug-likeness (QED) is 0.0454. The van der Waals surface area contributed by atoms with E-state index >= 15 is 0 Å². The van der Waals surface area contributed by atoms with E-state index in [1.54, 1.807) is 0 Å². The van der Waals surface area contributed by atoms with Crippen molar-refractivity contribution in [1.29, 1.82) is 0 Å². The van der Waals surface area contributed by atoms with Crippen LogP contribution in [0.2, 0.25) is 0 Å². The van der Waals surface area contributed by atoms with Crippen LogP contribution in [0.1, 0.15) is 149 Å². The average molecular weight is 766 g/mol. The van der Waals surface area contributed by atoms with E-state index in [4.69, 9.17) is 36.1 Å². The van der Waals surface area contributed by atoms with Crippen LogP contribution in [0, 0.1) is 0 Å². The highest BCUT2D eigenvalue weighted by Crippen LogP contribution is 2.42. The SMILES string of the molecule is CCCCCOc1c2cc(N)cc1Cc1cc(N)cc(c1OCCCCC)Cc1cc(O)cc(c1OCCCCC)Cc1cc(N)cc(c1OCCCCC)C2. The molecule has 8 heteroatoms. The van der Waals surface area contributed by atoms with Gasteiger partial charge in [0.1, 0.15) is 28.7 Å². The highest BCUT2D eigenvalue weighted by atomic mass is 16.5. The van der Waals surface area contributed by atoms with Crippen LogP contribution in [0.5, 0.6) is 28.7 Å². The van der Waals surface area contributed by atoms with Crippen LogP contribution in [0.25, 0.3) is 0 Å². The molecule has 304 valence electrons. The summed E-state index contributed by atoms with van der Waals surface area (Å²) in [4.78, 5) is 0. The van der Waals surface area contributed by atoms with E-state index in [9.17, 15) is 5.11 Å². The zero-order valence-electron chi connectivity index (χ0n) is 34.6. The van der Waals surface area contributed by atoms with Gasteiger partial charge in [0.2, 0.25) is 0 Å². The Morgan fingerprint density at radius 2 is 0.589 bits per heavy atom. The molecule has 0 aliphatic heterocycles. The molecule has 0 saturated carbocycles. The minimum Gasteiger partial charge on any atom is -0.508 e. The third-order valence-corrected chi connectivity index (χ3v) is 10.5. The number of phenolic OH excluding ortho intramolecular Hbond substituents is 1. The number of nitrogen functional groups attached to an aromatic ring is 3. The maximum Gasteiger partial charge on any atom is 0.126 e. The molecule has 8 bridgehead atoms. The molecule has 1 aliphatic carbocycles. The summed E-state index contributed by atoms with van der Waals surface area (Å²) < 4.78 is 26.9. The molecule has 0 unspecified atom stereocenters. The van der Waals surface area contributed by atoms with E-state index in [0.29, 0.717) is 69.2 Å². The molecule has 0 radical (unpaired) electrons. The molecule has 7 N–H and O–H groups in total. The Labute approximate surface area is 336 Å². The Balaban J connectivity index is 1.77. The monoisotopic (exact) mass is 766 g/mol. The van der Waals surface area contributed by atoms with Gasteiger partial charge in [-0.1, -0.05) is 79.1 Å². The summed E-state index contributed by atoms with van der Waals surface area (Å²) in [6.45, 7) is 11.1. The van der Waals surface area contributed by atoms with Crippen molar-refractivity contribution in [2.24, 2.45) is 0 Å². The predicted octanol–water partition coefficient (Wildman–Crippen LogP) is 11.1. The lowest BCUT2D eigenvalue weighted by atomic mass is 9.90. The van der Waals surface area contributed by atoms with Gasteiger partial charge in [-0.15, -0.1) is 0 Å². The highest BCUT2D eigenvalue weighted by Gasteiger charge is 2.24. The molecular formula is C48H67N3O5. The van der Waals surface area contributed by atoms with Gasteiger partial charge in [-0.25, -0.2) is 0 Å². The second-order valence-electron chi connectivity index (χ2n) is 15.5. The van der Waals surface area contributed by atoms with Crippen molar-refractivity contribution >= 4 is 17.1 Å². The molecule has 0 aromatic heterocycles. The Bertz CT molecular complexity index is 1510. The molecule has 0 heterocycles. The van der Waals surface area contributed by atoms with Gasteiger partial charge in [0.25, 0.3) is 0 Å². The summed E-state index contributed by atoms with van der Waals surface area (Å²) in [5, 5.41) is 11.3. The zero-order valence-corrected chi connectivity index (χ0v) is 34.6. The van der Waals surface area contributed by atoms with Crippen molar-refractivity contribution in [3.8, 4) is 28.7 Å². The smallest absolute Gasteiger partial charge is 0.126 e. The Hall–Kier alpha value is -4.72. The number of unbranched alkanes of at least 4 members (excludes halogenated alkanes) is 8. The van der Waals surface area contributed by atoms with Crippen LogP contribution >= 0.6 is 0 Å². The van der Waals surface area contributed by atoms with Crippen LogP contribution in [0.4, 0.5) is 17.1 Å². The van der Waals surface area contributed by atoms with Gasteiger partial charge >= 0.3 is 0 Å². The molecule has 4 aromatic rings. The highest BCUT2D eigenvalue weighted by molar-refractivity contribution is 5.64. The number of phenols is 1. The number of anilines is 3. The normalized spacial score (nSPS) is 12.4.